The van der Waals surface area contributed by atoms with Gasteiger partial charge in [0.05, 0.1) is 19.3 Å². The molecule has 0 unspecified atom stereocenters. The van der Waals surface area contributed by atoms with E-state index in [-0.39, 0.29) is 12.7 Å². The molecule has 1 aliphatic rings. The van der Waals surface area contributed by atoms with E-state index in [1.165, 1.54) is 18.4 Å². The Balaban J connectivity index is 1.50. The van der Waals surface area contributed by atoms with E-state index in [0.29, 0.717) is 19.1 Å². The fourth-order valence-corrected chi connectivity index (χ4v) is 3.86. The van der Waals surface area contributed by atoms with Crippen molar-refractivity contribution >= 4 is 12.7 Å². The average molecular weight is 395 g/mol. The standard InChI is InChI=1S/C24H29NO4/c1-25-16-19-7-11-22(12-8-19)29-23-4-2-3-21(15-23)20-9-5-18(6-10-20)13-14-28-17-24(26)27/h5-12,21,23H,1-4,13-17H2,(H,26,27)/t21-,23+/m1/s1. The van der Waals surface area contributed by atoms with Crippen molar-refractivity contribution in [3.05, 3.63) is 65.2 Å². The van der Waals surface area contributed by atoms with Crippen molar-refractivity contribution in [3.63, 3.8) is 0 Å². The molecule has 3 rings (SSSR count). The second-order valence-corrected chi connectivity index (χ2v) is 7.57. The maximum Gasteiger partial charge on any atom is 0.329 e. The van der Waals surface area contributed by atoms with Gasteiger partial charge in [-0.3, -0.25) is 4.99 Å². The van der Waals surface area contributed by atoms with Gasteiger partial charge in [-0.05, 0) is 73.6 Å². The lowest BCUT2D eigenvalue weighted by atomic mass is 9.82. The van der Waals surface area contributed by atoms with Crippen molar-refractivity contribution < 1.29 is 19.4 Å². The van der Waals surface area contributed by atoms with E-state index in [9.17, 15) is 4.79 Å². The van der Waals surface area contributed by atoms with E-state index in [1.54, 1.807) is 0 Å². The fourth-order valence-electron chi connectivity index (χ4n) is 3.86. The third-order valence-electron chi connectivity index (χ3n) is 5.36. The molecule has 1 aliphatic carbocycles. The van der Waals surface area contributed by atoms with Gasteiger partial charge in [0.25, 0.3) is 0 Å². The number of hydrogen-bond donors (Lipinski definition) is 1. The Morgan fingerprint density at radius 3 is 2.48 bits per heavy atom. The van der Waals surface area contributed by atoms with Crippen LogP contribution in [0.2, 0.25) is 0 Å². The van der Waals surface area contributed by atoms with Crippen LogP contribution in [0.3, 0.4) is 0 Å². The van der Waals surface area contributed by atoms with E-state index in [1.807, 2.05) is 24.3 Å². The van der Waals surface area contributed by atoms with Gasteiger partial charge in [-0.2, -0.15) is 0 Å². The van der Waals surface area contributed by atoms with E-state index in [2.05, 4.69) is 36.0 Å². The largest absolute Gasteiger partial charge is 0.490 e. The molecule has 0 aliphatic heterocycles. The molecule has 154 valence electrons. The summed E-state index contributed by atoms with van der Waals surface area (Å²) in [6, 6.07) is 16.8. The highest BCUT2D eigenvalue weighted by Crippen LogP contribution is 2.35. The molecular weight excluding hydrogens is 366 g/mol. The number of aliphatic carboxylic acids is 1. The predicted molar refractivity (Wildman–Crippen MR) is 114 cm³/mol. The van der Waals surface area contributed by atoms with Gasteiger partial charge >= 0.3 is 5.97 Å². The minimum Gasteiger partial charge on any atom is -0.490 e. The Hall–Kier alpha value is -2.66. The van der Waals surface area contributed by atoms with Gasteiger partial charge in [0.15, 0.2) is 0 Å². The molecule has 0 heterocycles. The topological polar surface area (TPSA) is 68.1 Å². The van der Waals surface area contributed by atoms with Crippen molar-refractivity contribution in [2.75, 3.05) is 13.2 Å². The summed E-state index contributed by atoms with van der Waals surface area (Å²) in [6.07, 6.45) is 5.43. The molecule has 2 aromatic rings. The van der Waals surface area contributed by atoms with Gasteiger partial charge in [0, 0.05) is 0 Å². The molecule has 0 spiro atoms. The molecule has 0 aromatic heterocycles. The minimum absolute atomic E-state index is 0.237. The van der Waals surface area contributed by atoms with Crippen LogP contribution >= 0.6 is 0 Å². The highest BCUT2D eigenvalue weighted by Gasteiger charge is 2.24. The number of carboxylic acid groups (broad SMARTS) is 1. The van der Waals surface area contributed by atoms with Crippen LogP contribution < -0.4 is 4.74 Å². The third kappa shape index (κ3) is 6.71. The lowest BCUT2D eigenvalue weighted by molar-refractivity contribution is -0.142. The normalized spacial score (nSPS) is 18.9. The summed E-state index contributed by atoms with van der Waals surface area (Å²) in [5.74, 6) is 0.495. The van der Waals surface area contributed by atoms with Crippen molar-refractivity contribution in [1.82, 2.24) is 0 Å². The molecule has 0 radical (unpaired) electrons. The van der Waals surface area contributed by atoms with Gasteiger partial charge in [0.2, 0.25) is 0 Å². The number of benzene rings is 2. The quantitative estimate of drug-likeness (QED) is 0.470. The maximum atomic E-state index is 10.5. The lowest BCUT2D eigenvalue weighted by Crippen LogP contribution is -2.24. The Morgan fingerprint density at radius 1 is 1.07 bits per heavy atom. The number of carbonyl (C=O) groups is 1. The molecule has 1 N–H and O–H groups in total. The van der Waals surface area contributed by atoms with Crippen molar-refractivity contribution in [2.45, 2.75) is 50.7 Å². The first kappa shape index (κ1) is 21.1. The van der Waals surface area contributed by atoms with Crippen LogP contribution in [0.25, 0.3) is 0 Å². The Labute approximate surface area is 172 Å². The predicted octanol–water partition coefficient (Wildman–Crippen LogP) is 4.64. The van der Waals surface area contributed by atoms with Gasteiger partial charge in [0.1, 0.15) is 12.4 Å². The van der Waals surface area contributed by atoms with Crippen molar-refractivity contribution in [3.8, 4) is 5.75 Å². The second kappa shape index (κ2) is 10.8. The molecule has 29 heavy (non-hydrogen) atoms. The van der Waals surface area contributed by atoms with Gasteiger partial charge in [-0.1, -0.05) is 36.4 Å². The van der Waals surface area contributed by atoms with Crippen LogP contribution in [0.4, 0.5) is 0 Å². The van der Waals surface area contributed by atoms with E-state index < -0.39 is 5.97 Å². The Kier molecular flexibility index (Phi) is 7.82. The number of ether oxygens (including phenoxy) is 2. The Bertz CT molecular complexity index is 786. The van der Waals surface area contributed by atoms with Crippen LogP contribution in [0.15, 0.2) is 53.5 Å². The number of carboxylic acids is 1. The summed E-state index contributed by atoms with van der Waals surface area (Å²) in [7, 11) is 0. The zero-order valence-electron chi connectivity index (χ0n) is 16.8. The van der Waals surface area contributed by atoms with Crippen molar-refractivity contribution in [1.29, 1.82) is 0 Å². The summed E-state index contributed by atoms with van der Waals surface area (Å²) >= 11 is 0. The fraction of sp³-hybridized carbons (Fsp3) is 0.417. The molecular formula is C24H29NO4. The molecule has 2 atom stereocenters. The summed E-state index contributed by atoms with van der Waals surface area (Å²) in [5.41, 5.74) is 3.65. The van der Waals surface area contributed by atoms with Gasteiger partial charge < -0.3 is 14.6 Å². The molecule has 0 bridgehead atoms. The smallest absolute Gasteiger partial charge is 0.329 e. The number of rotatable bonds is 10. The molecule has 5 nitrogen and oxygen atoms in total. The summed E-state index contributed by atoms with van der Waals surface area (Å²) in [5, 5.41) is 8.60. The first-order valence-corrected chi connectivity index (χ1v) is 10.2. The second-order valence-electron chi connectivity index (χ2n) is 7.57. The van der Waals surface area contributed by atoms with Crippen LogP contribution in [-0.4, -0.2) is 37.1 Å². The molecule has 5 heteroatoms. The maximum absolute atomic E-state index is 10.5. The molecule has 0 saturated heterocycles. The molecule has 1 fully saturated rings. The van der Waals surface area contributed by atoms with Crippen LogP contribution in [0, 0.1) is 0 Å². The summed E-state index contributed by atoms with van der Waals surface area (Å²) in [4.78, 5) is 14.4. The van der Waals surface area contributed by atoms with Gasteiger partial charge in [-0.25, -0.2) is 4.79 Å². The van der Waals surface area contributed by atoms with E-state index in [0.717, 1.165) is 36.1 Å². The van der Waals surface area contributed by atoms with Crippen molar-refractivity contribution in [2.24, 2.45) is 4.99 Å². The zero-order valence-corrected chi connectivity index (χ0v) is 16.8. The molecule has 0 amide bonds. The van der Waals surface area contributed by atoms with Crippen LogP contribution in [-0.2, 0) is 22.5 Å². The highest BCUT2D eigenvalue weighted by atomic mass is 16.5. The SMILES string of the molecule is C=NCc1ccc(O[C@H]2CCC[C@@H](c3ccc(CCOCC(=O)O)cc3)C2)cc1. The van der Waals surface area contributed by atoms with E-state index in [4.69, 9.17) is 14.6 Å². The third-order valence-corrected chi connectivity index (χ3v) is 5.36. The molecule has 2 aromatic carbocycles. The zero-order chi connectivity index (χ0) is 20.5. The monoisotopic (exact) mass is 395 g/mol. The minimum atomic E-state index is -0.931. The van der Waals surface area contributed by atoms with Crippen LogP contribution in [0.1, 0.15) is 48.3 Å². The molecule has 1 saturated carbocycles. The summed E-state index contributed by atoms with van der Waals surface area (Å²) in [6.45, 7) is 4.35. The Morgan fingerprint density at radius 2 is 1.79 bits per heavy atom. The number of hydrogen-bond acceptors (Lipinski definition) is 4. The van der Waals surface area contributed by atoms with E-state index >= 15 is 0 Å². The first-order chi connectivity index (χ1) is 14.1. The van der Waals surface area contributed by atoms with Crippen LogP contribution in [0.5, 0.6) is 5.75 Å². The summed E-state index contributed by atoms with van der Waals surface area (Å²) < 4.78 is 11.4. The first-order valence-electron chi connectivity index (χ1n) is 10.2. The van der Waals surface area contributed by atoms with Gasteiger partial charge in [-0.15, -0.1) is 0 Å². The average Bonchev–Trinajstić information content (AvgIpc) is 2.73. The number of aliphatic imine (C=N–C) groups is 1. The lowest BCUT2D eigenvalue weighted by Gasteiger charge is -2.30. The highest BCUT2D eigenvalue weighted by molar-refractivity contribution is 5.67. The number of nitrogens with zero attached hydrogens (tertiary/aromatic N) is 1.